The molecule has 1 aromatic carbocycles. The van der Waals surface area contributed by atoms with E-state index >= 15 is 0 Å². The van der Waals surface area contributed by atoms with E-state index in [1.807, 2.05) is 24.0 Å². The summed E-state index contributed by atoms with van der Waals surface area (Å²) in [6.45, 7) is 6.16. The quantitative estimate of drug-likeness (QED) is 0.631. The van der Waals surface area contributed by atoms with Crippen LogP contribution in [-0.2, 0) is 17.6 Å². The van der Waals surface area contributed by atoms with Gasteiger partial charge in [-0.3, -0.25) is 9.59 Å². The monoisotopic (exact) mass is 529 g/mol. The van der Waals surface area contributed by atoms with Gasteiger partial charge < -0.3 is 15.1 Å². The van der Waals surface area contributed by atoms with Crippen LogP contribution in [0.2, 0.25) is 10.0 Å². The molecule has 3 fully saturated rings. The Morgan fingerprint density at radius 2 is 1.81 bits per heavy atom. The zero-order valence-electron chi connectivity index (χ0n) is 20.7. The molecule has 9 heteroatoms. The molecule has 2 aromatic rings. The Morgan fingerprint density at radius 3 is 2.47 bits per heavy atom. The van der Waals surface area contributed by atoms with E-state index in [0.29, 0.717) is 28.2 Å². The van der Waals surface area contributed by atoms with Gasteiger partial charge in [-0.2, -0.15) is 0 Å². The number of hydrogen-bond donors (Lipinski definition) is 1. The van der Waals surface area contributed by atoms with Crippen LogP contribution in [0.25, 0.3) is 0 Å². The molecule has 36 heavy (non-hydrogen) atoms. The van der Waals surface area contributed by atoms with Crippen LogP contribution in [0.5, 0.6) is 0 Å². The largest absolute Gasteiger partial charge is 0.356 e. The molecule has 3 aliphatic heterocycles. The number of benzene rings is 1. The summed E-state index contributed by atoms with van der Waals surface area (Å²) in [6, 6.07) is 6.12. The van der Waals surface area contributed by atoms with Gasteiger partial charge in [0.25, 0.3) is 5.91 Å². The molecule has 3 aliphatic rings. The number of carbonyl (C=O) groups excluding carboxylic acids is 2. The second-order valence-electron chi connectivity index (χ2n) is 10.4. The molecule has 1 N–H and O–H groups in total. The number of nitrogens with zero attached hydrogens (tertiary/aromatic N) is 4. The maximum atomic E-state index is 13.4. The first-order chi connectivity index (χ1) is 17.4. The zero-order chi connectivity index (χ0) is 25.3. The second kappa shape index (κ2) is 10.6. The number of aryl methyl sites for hydroxylation is 2. The lowest BCUT2D eigenvalue weighted by Gasteiger charge is -2.44. The van der Waals surface area contributed by atoms with Gasteiger partial charge in [0.1, 0.15) is 12.0 Å². The lowest BCUT2D eigenvalue weighted by atomic mass is 9.76. The number of nitrogens with one attached hydrogen (secondary N) is 1. The molecule has 7 nitrogen and oxygen atoms in total. The van der Waals surface area contributed by atoms with E-state index in [1.165, 1.54) is 6.33 Å². The Balaban J connectivity index is 1.16. The standard InChI is InChI=1S/C27H33Cl2N5O2/c1-18-23(5-3-19-2-4-21(28)22(29)16-19)31-17-32-24(18)25(35)34-12-6-20(7-13-34)33-14-9-27(10-15-33)8-11-30-26(27)36/h2,4,16-17,20H,3,5-15H2,1H3,(H,30,36). The van der Waals surface area contributed by atoms with Gasteiger partial charge in [-0.1, -0.05) is 29.3 Å². The average Bonchev–Trinajstić information content (AvgIpc) is 3.24. The van der Waals surface area contributed by atoms with Gasteiger partial charge in [0.2, 0.25) is 5.91 Å². The number of hydrogen-bond acceptors (Lipinski definition) is 5. The van der Waals surface area contributed by atoms with Crippen molar-refractivity contribution < 1.29 is 9.59 Å². The van der Waals surface area contributed by atoms with Crippen molar-refractivity contribution in [3.05, 3.63) is 57.1 Å². The van der Waals surface area contributed by atoms with Gasteiger partial charge in [0, 0.05) is 36.9 Å². The van der Waals surface area contributed by atoms with E-state index in [4.69, 9.17) is 23.2 Å². The molecule has 0 atom stereocenters. The predicted molar refractivity (Wildman–Crippen MR) is 140 cm³/mol. The van der Waals surface area contributed by atoms with Crippen LogP contribution < -0.4 is 5.32 Å². The summed E-state index contributed by atoms with van der Waals surface area (Å²) >= 11 is 12.2. The smallest absolute Gasteiger partial charge is 0.272 e. The van der Waals surface area contributed by atoms with Crippen molar-refractivity contribution in [2.75, 3.05) is 32.7 Å². The molecular formula is C27H33Cl2N5O2. The highest BCUT2D eigenvalue weighted by molar-refractivity contribution is 6.42. The van der Waals surface area contributed by atoms with Crippen molar-refractivity contribution in [3.8, 4) is 0 Å². The summed E-state index contributed by atoms with van der Waals surface area (Å²) in [7, 11) is 0. The van der Waals surface area contributed by atoms with Crippen LogP contribution in [0.15, 0.2) is 24.5 Å². The Bertz CT molecular complexity index is 1140. The highest BCUT2D eigenvalue weighted by Gasteiger charge is 2.45. The molecule has 1 aromatic heterocycles. The molecule has 0 unspecified atom stereocenters. The number of halogens is 2. The van der Waals surface area contributed by atoms with Crippen molar-refractivity contribution in [1.82, 2.24) is 25.1 Å². The molecular weight excluding hydrogens is 497 g/mol. The maximum Gasteiger partial charge on any atom is 0.272 e. The van der Waals surface area contributed by atoms with Crippen LogP contribution >= 0.6 is 23.2 Å². The van der Waals surface area contributed by atoms with Gasteiger partial charge in [0.15, 0.2) is 0 Å². The van der Waals surface area contributed by atoms with Crippen LogP contribution in [0.4, 0.5) is 0 Å². The number of amides is 2. The summed E-state index contributed by atoms with van der Waals surface area (Å²) in [6.07, 6.45) is 7.74. The van der Waals surface area contributed by atoms with E-state index in [1.54, 1.807) is 6.07 Å². The van der Waals surface area contributed by atoms with Crippen molar-refractivity contribution in [2.24, 2.45) is 5.41 Å². The Morgan fingerprint density at radius 1 is 1.06 bits per heavy atom. The first-order valence-electron chi connectivity index (χ1n) is 12.9. The summed E-state index contributed by atoms with van der Waals surface area (Å²) in [4.78, 5) is 38.9. The number of aromatic nitrogens is 2. The summed E-state index contributed by atoms with van der Waals surface area (Å²) in [5.74, 6) is 0.239. The van der Waals surface area contributed by atoms with Crippen LogP contribution in [-0.4, -0.2) is 70.3 Å². The minimum absolute atomic E-state index is 0.00985. The minimum atomic E-state index is -0.130. The molecule has 192 valence electrons. The third-order valence-corrected chi connectivity index (χ3v) is 9.16. The molecule has 3 saturated heterocycles. The Labute approximate surface area is 222 Å². The van der Waals surface area contributed by atoms with E-state index in [-0.39, 0.29) is 17.2 Å². The average molecular weight is 531 g/mol. The van der Waals surface area contributed by atoms with E-state index in [0.717, 1.165) is 88.1 Å². The third kappa shape index (κ3) is 5.11. The highest BCUT2D eigenvalue weighted by atomic mass is 35.5. The van der Waals surface area contributed by atoms with Gasteiger partial charge in [-0.25, -0.2) is 9.97 Å². The van der Waals surface area contributed by atoms with Crippen molar-refractivity contribution in [2.45, 2.75) is 57.9 Å². The molecule has 1 spiro atoms. The van der Waals surface area contributed by atoms with Gasteiger partial charge >= 0.3 is 0 Å². The van der Waals surface area contributed by atoms with E-state index < -0.39 is 0 Å². The molecule has 4 heterocycles. The summed E-state index contributed by atoms with van der Waals surface area (Å²) in [5, 5.41) is 4.10. The van der Waals surface area contributed by atoms with Crippen LogP contribution in [0.3, 0.4) is 0 Å². The van der Waals surface area contributed by atoms with Crippen LogP contribution in [0.1, 0.15) is 59.4 Å². The Kier molecular flexibility index (Phi) is 7.52. The number of likely N-dealkylation sites (tertiary alicyclic amines) is 2. The third-order valence-electron chi connectivity index (χ3n) is 8.42. The fourth-order valence-corrected chi connectivity index (χ4v) is 6.33. The first kappa shape index (κ1) is 25.4. The second-order valence-corrected chi connectivity index (χ2v) is 11.2. The van der Waals surface area contributed by atoms with Crippen molar-refractivity contribution >= 4 is 35.0 Å². The SMILES string of the molecule is Cc1c(CCc2ccc(Cl)c(Cl)c2)ncnc1C(=O)N1CCC(N2CCC3(CCNC3=O)CC2)CC1. The predicted octanol–water partition coefficient (Wildman–Crippen LogP) is 4.08. The topological polar surface area (TPSA) is 78.4 Å². The van der Waals surface area contributed by atoms with Gasteiger partial charge in [-0.05, 0) is 82.7 Å². The number of carbonyl (C=O) groups is 2. The van der Waals surface area contributed by atoms with Gasteiger partial charge in [-0.15, -0.1) is 0 Å². The summed E-state index contributed by atoms with van der Waals surface area (Å²) in [5.41, 5.74) is 3.18. The lowest BCUT2D eigenvalue weighted by Crippen LogP contribution is -2.51. The lowest BCUT2D eigenvalue weighted by molar-refractivity contribution is -0.130. The number of rotatable bonds is 5. The van der Waals surface area contributed by atoms with Crippen molar-refractivity contribution in [3.63, 3.8) is 0 Å². The molecule has 0 aliphatic carbocycles. The summed E-state index contributed by atoms with van der Waals surface area (Å²) < 4.78 is 0. The van der Waals surface area contributed by atoms with E-state index in [2.05, 4.69) is 20.2 Å². The fourth-order valence-electron chi connectivity index (χ4n) is 6.01. The fraction of sp³-hybridized carbons (Fsp3) is 0.556. The minimum Gasteiger partial charge on any atom is -0.356 e. The zero-order valence-corrected chi connectivity index (χ0v) is 22.2. The molecule has 0 radical (unpaired) electrons. The van der Waals surface area contributed by atoms with Crippen LogP contribution in [0, 0.1) is 12.3 Å². The molecule has 0 saturated carbocycles. The maximum absolute atomic E-state index is 13.4. The molecule has 5 rings (SSSR count). The van der Waals surface area contributed by atoms with Crippen molar-refractivity contribution in [1.29, 1.82) is 0 Å². The Hall–Kier alpha value is -2.22. The number of piperidine rings is 2. The highest BCUT2D eigenvalue weighted by Crippen LogP contribution is 2.39. The van der Waals surface area contributed by atoms with E-state index in [9.17, 15) is 9.59 Å². The normalized spacial score (nSPS) is 20.6. The van der Waals surface area contributed by atoms with Gasteiger partial charge in [0.05, 0.1) is 15.5 Å². The molecule has 0 bridgehead atoms. The first-order valence-corrected chi connectivity index (χ1v) is 13.7. The molecule has 2 amide bonds.